The number of aromatic nitrogens is 2. The van der Waals surface area contributed by atoms with E-state index >= 15 is 0 Å². The zero-order valence-corrected chi connectivity index (χ0v) is 14.2. The van der Waals surface area contributed by atoms with E-state index in [1.54, 1.807) is 6.20 Å². The van der Waals surface area contributed by atoms with Gasteiger partial charge < -0.3 is 4.90 Å². The molecule has 126 valence electrons. The Labute approximate surface area is 146 Å². The Morgan fingerprint density at radius 3 is 2.83 bits per heavy atom. The average molecular weight is 345 g/mol. The first-order valence-electron chi connectivity index (χ1n) is 8.53. The van der Waals surface area contributed by atoms with E-state index in [9.17, 15) is 4.79 Å². The lowest BCUT2D eigenvalue weighted by Gasteiger charge is -2.35. The smallest absolute Gasteiger partial charge is 0.244 e. The molecule has 0 spiro atoms. The molecule has 6 heteroatoms. The second-order valence-electron chi connectivity index (χ2n) is 6.59. The van der Waals surface area contributed by atoms with Crippen LogP contribution in [0.3, 0.4) is 0 Å². The number of rotatable bonds is 3. The van der Waals surface area contributed by atoms with Gasteiger partial charge in [0.15, 0.2) is 0 Å². The Hall–Kier alpha value is -1.85. The number of hydrogen-bond donors (Lipinski definition) is 1. The van der Waals surface area contributed by atoms with Crippen LogP contribution in [0.25, 0.3) is 0 Å². The van der Waals surface area contributed by atoms with E-state index in [1.165, 1.54) is 5.69 Å². The van der Waals surface area contributed by atoms with Crippen molar-refractivity contribution in [3.63, 3.8) is 0 Å². The molecule has 2 fully saturated rings. The summed E-state index contributed by atoms with van der Waals surface area (Å²) in [4.78, 5) is 17.1. The van der Waals surface area contributed by atoms with Crippen LogP contribution in [0.4, 0.5) is 5.69 Å². The van der Waals surface area contributed by atoms with Crippen molar-refractivity contribution < 1.29 is 4.79 Å². The summed E-state index contributed by atoms with van der Waals surface area (Å²) in [6.07, 6.45) is 4.92. The maximum absolute atomic E-state index is 13.0. The predicted octanol–water partition coefficient (Wildman–Crippen LogP) is 3.05. The van der Waals surface area contributed by atoms with E-state index in [0.717, 1.165) is 44.6 Å². The fourth-order valence-corrected chi connectivity index (χ4v) is 4.19. The van der Waals surface area contributed by atoms with Crippen LogP contribution in [0.15, 0.2) is 36.5 Å². The number of nitrogens with zero attached hydrogens (tertiary/aromatic N) is 3. The van der Waals surface area contributed by atoms with Crippen LogP contribution in [0.2, 0.25) is 5.02 Å². The molecule has 0 aliphatic carbocycles. The van der Waals surface area contributed by atoms with Crippen molar-refractivity contribution in [2.75, 3.05) is 24.5 Å². The highest BCUT2D eigenvalue weighted by Gasteiger charge is 2.39. The quantitative estimate of drug-likeness (QED) is 0.931. The first-order chi connectivity index (χ1) is 11.7. The molecule has 0 unspecified atom stereocenters. The largest absolute Gasteiger partial charge is 0.310 e. The molecule has 3 heterocycles. The third-order valence-electron chi connectivity index (χ3n) is 5.18. The van der Waals surface area contributed by atoms with Gasteiger partial charge in [0.1, 0.15) is 0 Å². The van der Waals surface area contributed by atoms with Crippen LogP contribution >= 0.6 is 11.6 Å². The molecule has 0 radical (unpaired) electrons. The van der Waals surface area contributed by atoms with Crippen molar-refractivity contribution in [1.82, 2.24) is 15.1 Å². The molecule has 2 saturated heterocycles. The van der Waals surface area contributed by atoms with E-state index in [0.29, 0.717) is 10.9 Å². The Morgan fingerprint density at radius 1 is 1.17 bits per heavy atom. The molecular formula is C18H21ClN4O. The molecule has 2 aliphatic heterocycles. The number of amides is 1. The van der Waals surface area contributed by atoms with Crippen LogP contribution in [0, 0.1) is 0 Å². The predicted molar refractivity (Wildman–Crippen MR) is 94.3 cm³/mol. The maximum Gasteiger partial charge on any atom is 0.244 e. The molecule has 2 atom stereocenters. The van der Waals surface area contributed by atoms with Gasteiger partial charge in [0, 0.05) is 30.9 Å². The number of piperidine rings is 1. The van der Waals surface area contributed by atoms with Crippen molar-refractivity contribution in [1.29, 1.82) is 0 Å². The molecular weight excluding hydrogens is 324 g/mol. The summed E-state index contributed by atoms with van der Waals surface area (Å²) in [5, 5.41) is 7.78. The zero-order chi connectivity index (χ0) is 16.5. The minimum atomic E-state index is -0.0352. The topological polar surface area (TPSA) is 52.2 Å². The maximum atomic E-state index is 13.0. The Kier molecular flexibility index (Phi) is 4.29. The highest BCUT2D eigenvalue weighted by atomic mass is 35.5. The highest BCUT2D eigenvalue weighted by Crippen LogP contribution is 2.33. The van der Waals surface area contributed by atoms with Crippen molar-refractivity contribution in [3.05, 3.63) is 47.2 Å². The lowest BCUT2D eigenvalue weighted by Crippen LogP contribution is -2.46. The normalized spacial score (nSPS) is 25.4. The minimum Gasteiger partial charge on any atom is -0.310 e. The molecule has 1 N–H and O–H groups in total. The Morgan fingerprint density at radius 2 is 2.04 bits per heavy atom. The molecule has 5 nitrogen and oxygen atoms in total. The minimum absolute atomic E-state index is 0.0352. The van der Waals surface area contributed by atoms with Gasteiger partial charge in [-0.2, -0.15) is 5.10 Å². The second kappa shape index (κ2) is 6.57. The lowest BCUT2D eigenvalue weighted by molar-refractivity contribution is -0.122. The standard InChI is InChI=1S/C18H21ClN4O/c19-14-5-1-2-6-16(14)23-11-8-17(18(23)24)22-10-3-4-13(12-22)15-7-9-20-21-15/h1-2,5-7,9,13,17H,3-4,8,10-12H2,(H,20,21)/t13-,17+/m0/s1. The molecule has 1 aromatic heterocycles. The molecule has 0 saturated carbocycles. The number of hydrogen-bond acceptors (Lipinski definition) is 3. The van der Waals surface area contributed by atoms with E-state index < -0.39 is 0 Å². The average Bonchev–Trinajstić information content (AvgIpc) is 3.26. The fraction of sp³-hybridized carbons (Fsp3) is 0.444. The summed E-state index contributed by atoms with van der Waals surface area (Å²) >= 11 is 6.28. The van der Waals surface area contributed by atoms with Crippen LogP contribution in [0.5, 0.6) is 0 Å². The third kappa shape index (κ3) is 2.82. The number of H-pyrrole nitrogens is 1. The van der Waals surface area contributed by atoms with Gasteiger partial charge in [-0.3, -0.25) is 14.8 Å². The molecule has 0 bridgehead atoms. The van der Waals surface area contributed by atoms with Crippen molar-refractivity contribution in [2.24, 2.45) is 0 Å². The van der Waals surface area contributed by atoms with E-state index in [1.807, 2.05) is 35.2 Å². The van der Waals surface area contributed by atoms with Crippen LogP contribution in [0.1, 0.15) is 30.9 Å². The van der Waals surface area contributed by atoms with Gasteiger partial charge >= 0.3 is 0 Å². The lowest BCUT2D eigenvalue weighted by atomic mass is 9.93. The number of likely N-dealkylation sites (tertiary alicyclic amines) is 1. The Balaban J connectivity index is 1.49. The van der Waals surface area contributed by atoms with Crippen molar-refractivity contribution in [2.45, 2.75) is 31.2 Å². The number of carbonyl (C=O) groups is 1. The third-order valence-corrected chi connectivity index (χ3v) is 5.50. The first-order valence-corrected chi connectivity index (χ1v) is 8.91. The van der Waals surface area contributed by atoms with Gasteiger partial charge in [-0.1, -0.05) is 23.7 Å². The number of halogens is 1. The molecule has 1 aromatic carbocycles. The molecule has 4 rings (SSSR count). The number of nitrogens with one attached hydrogen (secondary N) is 1. The first kappa shape index (κ1) is 15.7. The molecule has 2 aromatic rings. The van der Waals surface area contributed by atoms with Gasteiger partial charge in [-0.15, -0.1) is 0 Å². The summed E-state index contributed by atoms with van der Waals surface area (Å²) in [6.45, 7) is 2.63. The summed E-state index contributed by atoms with van der Waals surface area (Å²) < 4.78 is 0. The van der Waals surface area contributed by atoms with Crippen LogP contribution < -0.4 is 4.90 Å². The number of carbonyl (C=O) groups excluding carboxylic acids is 1. The van der Waals surface area contributed by atoms with Gasteiger partial charge in [-0.05, 0) is 44.0 Å². The van der Waals surface area contributed by atoms with Gasteiger partial charge in [0.2, 0.25) is 5.91 Å². The fourth-order valence-electron chi connectivity index (χ4n) is 3.95. The van der Waals surface area contributed by atoms with E-state index in [-0.39, 0.29) is 11.9 Å². The van der Waals surface area contributed by atoms with Crippen LogP contribution in [-0.4, -0.2) is 46.7 Å². The van der Waals surface area contributed by atoms with Crippen molar-refractivity contribution in [3.8, 4) is 0 Å². The monoisotopic (exact) mass is 344 g/mol. The Bertz CT molecular complexity index is 718. The van der Waals surface area contributed by atoms with Gasteiger partial charge in [-0.25, -0.2) is 0 Å². The van der Waals surface area contributed by atoms with E-state index in [2.05, 4.69) is 15.1 Å². The number of para-hydroxylation sites is 1. The summed E-state index contributed by atoms with van der Waals surface area (Å²) in [5.41, 5.74) is 2.00. The summed E-state index contributed by atoms with van der Waals surface area (Å²) in [6, 6.07) is 9.59. The van der Waals surface area contributed by atoms with E-state index in [4.69, 9.17) is 11.6 Å². The summed E-state index contributed by atoms with van der Waals surface area (Å²) in [5.74, 6) is 0.608. The molecule has 24 heavy (non-hydrogen) atoms. The number of benzene rings is 1. The van der Waals surface area contributed by atoms with Crippen LogP contribution in [-0.2, 0) is 4.79 Å². The van der Waals surface area contributed by atoms with Gasteiger partial charge in [0.05, 0.1) is 16.8 Å². The molecule has 2 aliphatic rings. The van der Waals surface area contributed by atoms with Crippen molar-refractivity contribution >= 4 is 23.2 Å². The van der Waals surface area contributed by atoms with Gasteiger partial charge in [0.25, 0.3) is 0 Å². The highest BCUT2D eigenvalue weighted by molar-refractivity contribution is 6.33. The molecule has 1 amide bonds. The SMILES string of the molecule is O=C1[C@H](N2CCC[C@H](c3ccn[nH]3)C2)CCN1c1ccccc1Cl. The number of aromatic amines is 1. The summed E-state index contributed by atoms with van der Waals surface area (Å²) in [7, 11) is 0. The second-order valence-corrected chi connectivity index (χ2v) is 7.00. The number of anilines is 1. The zero-order valence-electron chi connectivity index (χ0n) is 13.5.